The maximum atomic E-state index is 17.0. The molecule has 3 aliphatic rings. The van der Waals surface area contributed by atoms with Crippen molar-refractivity contribution in [1.82, 2.24) is 19.8 Å². The Morgan fingerprint density at radius 3 is 2.73 bits per heavy atom. The molecule has 3 aliphatic heterocycles. The van der Waals surface area contributed by atoms with Crippen molar-refractivity contribution in [3.8, 4) is 23.2 Å². The Morgan fingerprint density at radius 1 is 1.19 bits per heavy atom. The number of ether oxygens (including phenoxy) is 1. The van der Waals surface area contributed by atoms with Gasteiger partial charge in [0.2, 0.25) is 5.91 Å². The lowest BCUT2D eigenvalue weighted by molar-refractivity contribution is -0.137. The highest BCUT2D eigenvalue weighted by Crippen LogP contribution is 2.48. The Labute approximate surface area is 274 Å². The second-order valence-corrected chi connectivity index (χ2v) is 13.6. The number of likely N-dealkylation sites (N-methyl/N-ethyl adjacent to an activating group) is 1. The van der Waals surface area contributed by atoms with E-state index in [0.29, 0.717) is 24.3 Å². The maximum Gasteiger partial charge on any atom is 0.417 e. The summed E-state index contributed by atoms with van der Waals surface area (Å²) in [7, 11) is 1.61. The fourth-order valence-corrected chi connectivity index (χ4v) is 8.23. The molecule has 2 aromatic carbocycles. The van der Waals surface area contributed by atoms with Crippen LogP contribution in [0.3, 0.4) is 0 Å². The smallest absolute Gasteiger partial charge is 0.417 e. The Hall–Kier alpha value is -4.36. The number of fused-ring (bicyclic) bond motifs is 3. The molecule has 2 N–H and O–H groups in total. The van der Waals surface area contributed by atoms with Gasteiger partial charge in [0.05, 0.1) is 21.4 Å². The van der Waals surface area contributed by atoms with Crippen LogP contribution in [0.15, 0.2) is 18.2 Å². The predicted molar refractivity (Wildman–Crippen MR) is 167 cm³/mol. The number of nitrogens with zero attached hydrogens (tertiary/aromatic N) is 6. The van der Waals surface area contributed by atoms with Crippen LogP contribution in [0.25, 0.3) is 32.1 Å². The molecular formula is C32H29F6N7O2S. The number of carbonyl (C=O) groups is 1. The fraction of sp³-hybridized carbons (Fsp3) is 0.438. The topological polar surface area (TPSA) is 112 Å². The highest BCUT2D eigenvalue weighted by molar-refractivity contribution is 7.23. The molecule has 5 heterocycles. The number of benzene rings is 2. The van der Waals surface area contributed by atoms with E-state index in [1.807, 2.05) is 11.0 Å². The number of amides is 1. The minimum Gasteiger partial charge on any atom is -0.461 e. The number of hydrogen-bond acceptors (Lipinski definition) is 9. The van der Waals surface area contributed by atoms with Crippen LogP contribution in [0.2, 0.25) is 0 Å². The lowest BCUT2D eigenvalue weighted by atomic mass is 9.92. The molecule has 252 valence electrons. The van der Waals surface area contributed by atoms with Gasteiger partial charge in [-0.15, -0.1) is 11.3 Å². The van der Waals surface area contributed by atoms with Gasteiger partial charge in [0.1, 0.15) is 41.0 Å². The van der Waals surface area contributed by atoms with E-state index in [0.717, 1.165) is 24.6 Å². The van der Waals surface area contributed by atoms with Crippen LogP contribution in [0.4, 0.5) is 37.2 Å². The van der Waals surface area contributed by atoms with Gasteiger partial charge in [-0.25, -0.2) is 13.2 Å². The fourth-order valence-electron chi connectivity index (χ4n) is 7.28. The van der Waals surface area contributed by atoms with Crippen LogP contribution in [0.1, 0.15) is 36.8 Å². The van der Waals surface area contributed by atoms with E-state index >= 15 is 4.39 Å². The Balaban J connectivity index is 1.46. The van der Waals surface area contributed by atoms with Crippen molar-refractivity contribution in [2.24, 2.45) is 0 Å². The van der Waals surface area contributed by atoms with Crippen LogP contribution in [-0.4, -0.2) is 83.8 Å². The zero-order chi connectivity index (χ0) is 34.1. The molecule has 1 amide bonds. The predicted octanol–water partition coefficient (Wildman–Crippen LogP) is 5.89. The highest BCUT2D eigenvalue weighted by Gasteiger charge is 2.49. The summed E-state index contributed by atoms with van der Waals surface area (Å²) in [6.45, 7) is 1.41. The number of nitrogen functional groups attached to an aromatic ring is 1. The van der Waals surface area contributed by atoms with Crippen LogP contribution >= 0.6 is 11.3 Å². The van der Waals surface area contributed by atoms with Crippen LogP contribution in [-0.2, 0) is 11.0 Å². The average Bonchev–Trinajstić information content (AvgIpc) is 3.65. The van der Waals surface area contributed by atoms with E-state index in [2.05, 4.69) is 9.97 Å². The molecule has 2 unspecified atom stereocenters. The van der Waals surface area contributed by atoms with Crippen molar-refractivity contribution in [3.63, 3.8) is 0 Å². The second kappa shape index (κ2) is 11.7. The standard InChI is InChI=1S/C32H29F6N7O2S/c1-43-9-10-44(8-5-22(43)46)29-18-11-20(32(36,37)38)24(17-3-4-21(34)27-23(17)19(13-39)28(40)48-27)25(35)26(18)41-30(42-29)47-15-31-6-2-7-45(31)14-16(33)12-31/h3-4,11,16H,2,5-10,12,14-15,40H2,1H3. The summed E-state index contributed by atoms with van der Waals surface area (Å²) in [5.41, 5.74) is 1.83. The summed E-state index contributed by atoms with van der Waals surface area (Å²) < 4.78 is 96.8. The van der Waals surface area contributed by atoms with Gasteiger partial charge in [-0.05, 0) is 37.1 Å². The van der Waals surface area contributed by atoms with Gasteiger partial charge in [0, 0.05) is 62.4 Å². The number of nitriles is 1. The maximum absolute atomic E-state index is 17.0. The second-order valence-electron chi connectivity index (χ2n) is 12.5. The van der Waals surface area contributed by atoms with E-state index < -0.39 is 46.2 Å². The molecule has 3 fully saturated rings. The quantitative estimate of drug-likeness (QED) is 0.259. The van der Waals surface area contributed by atoms with Gasteiger partial charge in [0.25, 0.3) is 0 Å². The van der Waals surface area contributed by atoms with Crippen LogP contribution in [0, 0.1) is 23.0 Å². The number of nitrogens with two attached hydrogens (primary N) is 1. The molecule has 2 aromatic heterocycles. The van der Waals surface area contributed by atoms with E-state index in [1.54, 1.807) is 11.9 Å². The van der Waals surface area contributed by atoms with E-state index in [4.69, 9.17) is 10.5 Å². The number of alkyl halides is 4. The molecule has 3 saturated heterocycles. The molecule has 0 saturated carbocycles. The first kappa shape index (κ1) is 32.2. The highest BCUT2D eigenvalue weighted by atomic mass is 32.1. The molecule has 4 aromatic rings. The van der Waals surface area contributed by atoms with Crippen molar-refractivity contribution in [3.05, 3.63) is 41.0 Å². The summed E-state index contributed by atoms with van der Waals surface area (Å²) in [6, 6.07) is 4.11. The van der Waals surface area contributed by atoms with E-state index in [9.17, 15) is 32.0 Å². The number of halogens is 6. The van der Waals surface area contributed by atoms with Crippen molar-refractivity contribution in [2.45, 2.75) is 43.6 Å². The number of aromatic nitrogens is 2. The van der Waals surface area contributed by atoms with Gasteiger partial charge >= 0.3 is 12.2 Å². The first-order chi connectivity index (χ1) is 22.8. The minimum absolute atomic E-state index is 0.0208. The van der Waals surface area contributed by atoms with Crippen molar-refractivity contribution >= 4 is 49.1 Å². The van der Waals surface area contributed by atoms with Gasteiger partial charge in [0.15, 0.2) is 5.82 Å². The summed E-state index contributed by atoms with van der Waals surface area (Å²) in [5, 5.41) is 9.14. The van der Waals surface area contributed by atoms with Gasteiger partial charge < -0.3 is 20.3 Å². The molecule has 0 spiro atoms. The molecule has 48 heavy (non-hydrogen) atoms. The monoisotopic (exact) mass is 689 g/mol. The molecular weight excluding hydrogens is 660 g/mol. The first-order valence-corrected chi connectivity index (χ1v) is 16.2. The first-order valence-electron chi connectivity index (χ1n) is 15.3. The normalized spacial score (nSPS) is 22.0. The molecule has 16 heteroatoms. The third-order valence-electron chi connectivity index (χ3n) is 9.65. The van der Waals surface area contributed by atoms with E-state index in [-0.39, 0.29) is 95.0 Å². The average molecular weight is 690 g/mol. The summed E-state index contributed by atoms with van der Waals surface area (Å²) in [4.78, 5) is 26.3. The molecule has 0 bridgehead atoms. The Bertz CT molecular complexity index is 2010. The third-order valence-corrected chi connectivity index (χ3v) is 10.7. The minimum atomic E-state index is -5.11. The van der Waals surface area contributed by atoms with Crippen molar-refractivity contribution in [1.29, 1.82) is 5.26 Å². The van der Waals surface area contributed by atoms with E-state index in [1.165, 1.54) is 4.90 Å². The summed E-state index contributed by atoms with van der Waals surface area (Å²) >= 11 is 0.675. The Morgan fingerprint density at radius 2 is 1.98 bits per heavy atom. The summed E-state index contributed by atoms with van der Waals surface area (Å²) in [6.07, 6.45) is -4.41. The van der Waals surface area contributed by atoms with Crippen LogP contribution < -0.4 is 15.4 Å². The molecule has 7 rings (SSSR count). The number of rotatable bonds is 5. The van der Waals surface area contributed by atoms with Gasteiger partial charge in [-0.1, -0.05) is 6.07 Å². The molecule has 2 atom stereocenters. The third kappa shape index (κ3) is 5.23. The van der Waals surface area contributed by atoms with Crippen molar-refractivity contribution < 1.29 is 35.9 Å². The molecule has 0 aliphatic carbocycles. The molecule has 9 nitrogen and oxygen atoms in total. The van der Waals surface area contributed by atoms with Crippen LogP contribution in [0.5, 0.6) is 6.01 Å². The zero-order valence-corrected chi connectivity index (χ0v) is 26.5. The van der Waals surface area contributed by atoms with Gasteiger partial charge in [-0.2, -0.15) is 28.4 Å². The summed E-state index contributed by atoms with van der Waals surface area (Å²) in [5.74, 6) is -2.46. The lowest BCUT2D eigenvalue weighted by Crippen LogP contribution is -2.43. The lowest BCUT2D eigenvalue weighted by Gasteiger charge is -2.31. The zero-order valence-electron chi connectivity index (χ0n) is 25.6. The number of anilines is 2. The number of thiophene rings is 1. The van der Waals surface area contributed by atoms with Crippen molar-refractivity contribution in [2.75, 3.05) is 57.0 Å². The van der Waals surface area contributed by atoms with Gasteiger partial charge in [-0.3, -0.25) is 9.69 Å². The SMILES string of the molecule is CN1CCN(c2nc(OCC34CCCN3CC(F)C4)nc3c(F)c(-c4ccc(F)c5sc(N)c(C#N)c45)c(C(F)(F)F)cc23)CCC1=O. The number of hydrogen-bond donors (Lipinski definition) is 1. The Kier molecular flexibility index (Phi) is 7.82. The largest absolute Gasteiger partial charge is 0.461 e. The number of carbonyl (C=O) groups excluding carboxylic acids is 1. The molecule has 0 radical (unpaired) electrons.